The summed E-state index contributed by atoms with van der Waals surface area (Å²) in [6.45, 7) is 29.2. The van der Waals surface area contributed by atoms with Crippen molar-refractivity contribution in [1.82, 2.24) is 0 Å². The minimum absolute atomic E-state index is 0.0957. The molecule has 0 aliphatic rings. The lowest BCUT2D eigenvalue weighted by atomic mass is 9.78. The highest BCUT2D eigenvalue weighted by molar-refractivity contribution is 6.74. The zero-order chi connectivity index (χ0) is 32.2. The van der Waals surface area contributed by atoms with Gasteiger partial charge in [-0.3, -0.25) is 0 Å². The number of methoxy groups -OCH3 is 1. The Morgan fingerprint density at radius 2 is 1.22 bits per heavy atom. The molecule has 0 aliphatic carbocycles. The molecule has 1 aromatic carbocycles. The van der Waals surface area contributed by atoms with E-state index in [2.05, 4.69) is 67.7 Å². The lowest BCUT2D eigenvalue weighted by Crippen LogP contribution is -2.64. The monoisotopic (exact) mass is 614 g/mol. The van der Waals surface area contributed by atoms with E-state index in [9.17, 15) is 15.3 Å². The van der Waals surface area contributed by atoms with Gasteiger partial charge in [0.25, 0.3) is 0 Å². The molecule has 0 bridgehead atoms. The zero-order valence-electron chi connectivity index (χ0n) is 28.7. The summed E-state index contributed by atoms with van der Waals surface area (Å²) in [6.07, 6.45) is -2.87. The van der Waals surface area contributed by atoms with E-state index in [4.69, 9.17) is 18.3 Å². The van der Waals surface area contributed by atoms with E-state index in [1.54, 1.807) is 21.0 Å². The molecule has 0 spiro atoms. The standard InChI is InChI=1S/C32H62O7Si2/c1-22(20-33)28(38-40(12,13)30(4,5)6)32(10,35)29(39-41(14,15)31(7,8)9)23(2)27(24(3)34)37-21-25-16-18-26(36-11)19-17-25/h16-19,22-24,27-29,33-35H,20-21H2,1-15H3/t22-,23-,24-,27-,28-,29+,32+/m0/s1. The number of hydrogen-bond acceptors (Lipinski definition) is 7. The van der Waals surface area contributed by atoms with Crippen LogP contribution >= 0.6 is 0 Å². The highest BCUT2D eigenvalue weighted by Crippen LogP contribution is 2.45. The minimum atomic E-state index is -2.42. The Bertz CT molecular complexity index is 917. The van der Waals surface area contributed by atoms with Gasteiger partial charge in [0.05, 0.1) is 38.1 Å². The molecule has 0 radical (unpaired) electrons. The van der Waals surface area contributed by atoms with Crippen LogP contribution in [0.25, 0.3) is 0 Å². The Kier molecular flexibility index (Phi) is 13.4. The first kappa shape index (κ1) is 38.2. The summed E-state index contributed by atoms with van der Waals surface area (Å²) >= 11 is 0. The fourth-order valence-electron chi connectivity index (χ4n) is 4.63. The van der Waals surface area contributed by atoms with Crippen molar-refractivity contribution in [2.24, 2.45) is 11.8 Å². The third-order valence-corrected chi connectivity index (χ3v) is 18.4. The van der Waals surface area contributed by atoms with Crippen LogP contribution in [0.5, 0.6) is 5.75 Å². The van der Waals surface area contributed by atoms with Crippen LogP contribution in [0.15, 0.2) is 24.3 Å². The van der Waals surface area contributed by atoms with Gasteiger partial charge < -0.3 is 33.6 Å². The van der Waals surface area contributed by atoms with E-state index in [1.165, 1.54) is 0 Å². The van der Waals surface area contributed by atoms with Gasteiger partial charge in [0, 0.05) is 18.4 Å². The normalized spacial score (nSPS) is 19.6. The van der Waals surface area contributed by atoms with Gasteiger partial charge in [-0.25, -0.2) is 0 Å². The van der Waals surface area contributed by atoms with Gasteiger partial charge >= 0.3 is 0 Å². The quantitative estimate of drug-likeness (QED) is 0.188. The maximum absolute atomic E-state index is 12.6. The predicted octanol–water partition coefficient (Wildman–Crippen LogP) is 6.76. The van der Waals surface area contributed by atoms with E-state index in [0.29, 0.717) is 0 Å². The number of benzene rings is 1. The second kappa shape index (κ2) is 14.3. The summed E-state index contributed by atoms with van der Waals surface area (Å²) in [7, 11) is -3.15. The van der Waals surface area contributed by atoms with Crippen molar-refractivity contribution in [2.75, 3.05) is 13.7 Å². The van der Waals surface area contributed by atoms with Crippen molar-refractivity contribution in [1.29, 1.82) is 0 Å². The molecular formula is C32H62O7Si2. The van der Waals surface area contributed by atoms with Gasteiger partial charge in [0.1, 0.15) is 11.4 Å². The first-order valence-corrected chi connectivity index (χ1v) is 20.9. The zero-order valence-corrected chi connectivity index (χ0v) is 30.7. The fourth-order valence-corrected chi connectivity index (χ4v) is 7.53. The third kappa shape index (κ3) is 9.86. The van der Waals surface area contributed by atoms with Gasteiger partial charge in [-0.05, 0) is 67.8 Å². The van der Waals surface area contributed by atoms with Crippen LogP contribution < -0.4 is 4.74 Å². The number of aliphatic hydroxyl groups excluding tert-OH is 2. The lowest BCUT2D eigenvalue weighted by Gasteiger charge is -2.52. The molecule has 0 heterocycles. The van der Waals surface area contributed by atoms with Gasteiger partial charge in [0.2, 0.25) is 0 Å². The molecule has 0 saturated carbocycles. The number of rotatable bonds is 15. The van der Waals surface area contributed by atoms with Crippen LogP contribution in [0, 0.1) is 11.8 Å². The molecule has 0 saturated heterocycles. The van der Waals surface area contributed by atoms with Crippen molar-refractivity contribution in [3.8, 4) is 5.75 Å². The third-order valence-electron chi connectivity index (χ3n) is 9.49. The van der Waals surface area contributed by atoms with Crippen molar-refractivity contribution < 1.29 is 33.6 Å². The SMILES string of the molecule is COc1ccc(CO[C@@H]([C@H](C)[C@@H](O[Si](C)(C)C(C)(C)C)[C@](C)(O)[C@@H](O[Si](C)(C)C(C)(C)C)[C@@H](C)CO)[C@H](C)O)cc1. The van der Waals surface area contributed by atoms with Crippen LogP contribution in [-0.4, -0.2) is 75.7 Å². The first-order valence-electron chi connectivity index (χ1n) is 15.0. The van der Waals surface area contributed by atoms with Gasteiger partial charge in [0.15, 0.2) is 16.6 Å². The molecule has 41 heavy (non-hydrogen) atoms. The molecular weight excluding hydrogens is 553 g/mol. The number of hydrogen-bond donors (Lipinski definition) is 3. The number of ether oxygens (including phenoxy) is 2. The molecule has 0 aliphatic heterocycles. The summed E-state index contributed by atoms with van der Waals surface area (Å²) in [4.78, 5) is 0. The predicted molar refractivity (Wildman–Crippen MR) is 173 cm³/mol. The molecule has 1 rings (SSSR count). The average molecular weight is 615 g/mol. The van der Waals surface area contributed by atoms with Crippen molar-refractivity contribution >= 4 is 16.6 Å². The summed E-state index contributed by atoms with van der Waals surface area (Å²) in [6, 6.07) is 7.64. The van der Waals surface area contributed by atoms with Crippen LogP contribution in [0.1, 0.15) is 74.8 Å². The van der Waals surface area contributed by atoms with Crippen LogP contribution in [0.3, 0.4) is 0 Å². The van der Waals surface area contributed by atoms with E-state index >= 15 is 0 Å². The summed E-state index contributed by atoms with van der Waals surface area (Å²) in [5.41, 5.74) is -0.547. The van der Waals surface area contributed by atoms with E-state index < -0.39 is 52.6 Å². The number of aliphatic hydroxyl groups is 3. The maximum Gasteiger partial charge on any atom is 0.192 e. The van der Waals surface area contributed by atoms with Crippen LogP contribution in [0.2, 0.25) is 36.3 Å². The van der Waals surface area contributed by atoms with Crippen molar-refractivity contribution in [3.05, 3.63) is 29.8 Å². The van der Waals surface area contributed by atoms with E-state index in [1.807, 2.05) is 38.1 Å². The molecule has 3 N–H and O–H groups in total. The lowest BCUT2D eigenvalue weighted by molar-refractivity contribution is -0.182. The van der Waals surface area contributed by atoms with Crippen molar-refractivity contribution in [3.63, 3.8) is 0 Å². The highest BCUT2D eigenvalue weighted by atomic mass is 28.4. The molecule has 1 aromatic rings. The van der Waals surface area contributed by atoms with Crippen LogP contribution in [-0.2, 0) is 20.2 Å². The highest BCUT2D eigenvalue weighted by Gasteiger charge is 2.54. The average Bonchev–Trinajstić information content (AvgIpc) is 2.84. The fraction of sp³-hybridized carbons (Fsp3) is 0.812. The smallest absolute Gasteiger partial charge is 0.192 e. The Hall–Kier alpha value is -0.786. The Morgan fingerprint density at radius 1 is 0.780 bits per heavy atom. The summed E-state index contributed by atoms with van der Waals surface area (Å²) in [5.74, 6) is 0.00897. The Labute approximate surface area is 253 Å². The first-order chi connectivity index (χ1) is 18.4. The van der Waals surface area contributed by atoms with Gasteiger partial charge in [-0.1, -0.05) is 67.5 Å². The van der Waals surface area contributed by atoms with Gasteiger partial charge in [-0.2, -0.15) is 0 Å². The van der Waals surface area contributed by atoms with Crippen molar-refractivity contribution in [2.45, 2.75) is 142 Å². The van der Waals surface area contributed by atoms with Gasteiger partial charge in [-0.15, -0.1) is 0 Å². The second-order valence-electron chi connectivity index (χ2n) is 15.2. The summed E-state index contributed by atoms with van der Waals surface area (Å²) in [5, 5.41) is 33.6. The Morgan fingerprint density at radius 3 is 1.59 bits per heavy atom. The molecule has 0 amide bonds. The Balaban J connectivity index is 3.61. The molecule has 7 nitrogen and oxygen atoms in total. The molecule has 0 fully saturated rings. The van der Waals surface area contributed by atoms with Crippen LogP contribution in [0.4, 0.5) is 0 Å². The van der Waals surface area contributed by atoms with E-state index in [0.717, 1.165) is 11.3 Å². The van der Waals surface area contributed by atoms with E-state index in [-0.39, 0.29) is 29.2 Å². The molecule has 7 atom stereocenters. The maximum atomic E-state index is 12.6. The minimum Gasteiger partial charge on any atom is -0.497 e. The topological polar surface area (TPSA) is 97.6 Å². The molecule has 0 unspecified atom stereocenters. The molecule has 9 heteroatoms. The molecule has 0 aromatic heterocycles. The largest absolute Gasteiger partial charge is 0.497 e. The summed E-state index contributed by atoms with van der Waals surface area (Å²) < 4.78 is 25.6. The second-order valence-corrected chi connectivity index (χ2v) is 24.7. The molecule has 240 valence electrons.